The maximum absolute atomic E-state index is 12.6. The zero-order chi connectivity index (χ0) is 21.3. The number of carbonyl (C=O) groups is 3. The number of halogens is 2. The van der Waals surface area contributed by atoms with Crippen LogP contribution in [0, 0.1) is 0 Å². The minimum absolute atomic E-state index is 0.00604. The van der Waals surface area contributed by atoms with Crippen molar-refractivity contribution in [2.75, 3.05) is 5.32 Å². The molecule has 30 heavy (non-hydrogen) atoms. The highest BCUT2D eigenvalue weighted by molar-refractivity contribution is 6.22. The Balaban J connectivity index is 1.49. The fourth-order valence-corrected chi connectivity index (χ4v) is 3.06. The Kier molecular flexibility index (Phi) is 5.01. The van der Waals surface area contributed by atoms with Crippen LogP contribution >= 0.6 is 0 Å². The van der Waals surface area contributed by atoms with Gasteiger partial charge in [-0.05, 0) is 54.6 Å². The predicted octanol–water partition coefficient (Wildman–Crippen LogP) is 3.93. The molecule has 0 saturated heterocycles. The van der Waals surface area contributed by atoms with Crippen molar-refractivity contribution in [1.29, 1.82) is 0 Å². The number of hydrogen-bond donors (Lipinski definition) is 1. The third-order valence-corrected chi connectivity index (χ3v) is 4.46. The summed E-state index contributed by atoms with van der Waals surface area (Å²) in [7, 11) is 0. The smallest absolute Gasteiger partial charge is 0.387 e. The predicted molar refractivity (Wildman–Crippen MR) is 100 cm³/mol. The first-order valence-electron chi connectivity index (χ1n) is 8.81. The van der Waals surface area contributed by atoms with Gasteiger partial charge in [0.1, 0.15) is 11.5 Å². The Morgan fingerprint density at radius 1 is 1.03 bits per heavy atom. The molecule has 0 atom stereocenters. The Hall–Kier alpha value is -4.01. The number of ether oxygens (including phenoxy) is 1. The van der Waals surface area contributed by atoms with E-state index in [-0.39, 0.29) is 29.0 Å². The van der Waals surface area contributed by atoms with Gasteiger partial charge in [0.15, 0.2) is 0 Å². The van der Waals surface area contributed by atoms with Crippen LogP contribution in [0.3, 0.4) is 0 Å². The Labute approximate surface area is 168 Å². The first kappa shape index (κ1) is 19.3. The molecule has 0 bridgehead atoms. The first-order valence-corrected chi connectivity index (χ1v) is 8.81. The summed E-state index contributed by atoms with van der Waals surface area (Å²) in [6, 6.07) is 12.9. The molecule has 1 N–H and O–H groups in total. The van der Waals surface area contributed by atoms with Gasteiger partial charge in [0.05, 0.1) is 23.9 Å². The van der Waals surface area contributed by atoms with Gasteiger partial charge >= 0.3 is 6.61 Å². The van der Waals surface area contributed by atoms with Crippen molar-refractivity contribution in [3.8, 4) is 5.75 Å². The van der Waals surface area contributed by atoms with E-state index in [1.54, 1.807) is 12.1 Å². The summed E-state index contributed by atoms with van der Waals surface area (Å²) in [6.07, 6.45) is 1.45. The van der Waals surface area contributed by atoms with Crippen LogP contribution in [-0.2, 0) is 6.54 Å². The minimum Gasteiger partial charge on any atom is -0.467 e. The zero-order valence-electron chi connectivity index (χ0n) is 15.3. The average Bonchev–Trinajstić information content (AvgIpc) is 3.32. The normalized spacial score (nSPS) is 13.0. The van der Waals surface area contributed by atoms with Crippen molar-refractivity contribution < 1.29 is 32.3 Å². The van der Waals surface area contributed by atoms with Gasteiger partial charge in [-0.15, -0.1) is 0 Å². The molecule has 7 nitrogen and oxygen atoms in total. The molecule has 2 aromatic carbocycles. The third kappa shape index (κ3) is 3.77. The summed E-state index contributed by atoms with van der Waals surface area (Å²) in [5, 5.41) is 2.60. The monoisotopic (exact) mass is 412 g/mol. The van der Waals surface area contributed by atoms with Crippen LogP contribution in [0.5, 0.6) is 5.75 Å². The molecule has 9 heteroatoms. The Morgan fingerprint density at radius 2 is 1.77 bits per heavy atom. The van der Waals surface area contributed by atoms with Crippen molar-refractivity contribution in [3.05, 3.63) is 83.3 Å². The second kappa shape index (κ2) is 7.78. The Bertz CT molecular complexity index is 1110. The lowest BCUT2D eigenvalue weighted by Gasteiger charge is -2.11. The molecule has 152 valence electrons. The van der Waals surface area contributed by atoms with E-state index >= 15 is 0 Å². The fraction of sp³-hybridized carbons (Fsp3) is 0.0952. The van der Waals surface area contributed by atoms with Crippen molar-refractivity contribution in [2.45, 2.75) is 13.2 Å². The summed E-state index contributed by atoms with van der Waals surface area (Å²) < 4.78 is 33.8. The van der Waals surface area contributed by atoms with Crippen LogP contribution in [0.4, 0.5) is 14.5 Å². The number of amides is 3. The van der Waals surface area contributed by atoms with Gasteiger partial charge in [0.2, 0.25) is 0 Å². The van der Waals surface area contributed by atoms with Gasteiger partial charge in [0.25, 0.3) is 17.7 Å². The number of hydrogen-bond acceptors (Lipinski definition) is 5. The van der Waals surface area contributed by atoms with E-state index in [4.69, 9.17) is 4.42 Å². The molecule has 0 radical (unpaired) electrons. The van der Waals surface area contributed by atoms with E-state index in [2.05, 4.69) is 10.1 Å². The number of fused-ring (bicyclic) bond motifs is 1. The number of furan rings is 1. The summed E-state index contributed by atoms with van der Waals surface area (Å²) in [5.41, 5.74) is 0.850. The lowest BCUT2D eigenvalue weighted by molar-refractivity contribution is -0.0498. The minimum atomic E-state index is -2.94. The third-order valence-electron chi connectivity index (χ3n) is 4.46. The number of nitrogens with zero attached hydrogens (tertiary/aromatic N) is 1. The molecule has 1 aliphatic heterocycles. The molecule has 1 aliphatic rings. The highest BCUT2D eigenvalue weighted by Gasteiger charge is 2.36. The molecule has 0 fully saturated rings. The van der Waals surface area contributed by atoms with Crippen LogP contribution in [0.2, 0.25) is 0 Å². The van der Waals surface area contributed by atoms with Crippen LogP contribution in [0.15, 0.2) is 65.3 Å². The van der Waals surface area contributed by atoms with E-state index in [9.17, 15) is 23.2 Å². The molecule has 0 unspecified atom stereocenters. The van der Waals surface area contributed by atoms with Gasteiger partial charge in [-0.1, -0.05) is 0 Å². The second-order valence-corrected chi connectivity index (χ2v) is 6.39. The number of imide groups is 1. The van der Waals surface area contributed by atoms with Gasteiger partial charge in [-0.3, -0.25) is 19.3 Å². The fourth-order valence-electron chi connectivity index (χ4n) is 3.06. The van der Waals surface area contributed by atoms with Crippen molar-refractivity contribution >= 4 is 23.4 Å². The highest BCUT2D eigenvalue weighted by atomic mass is 19.3. The topological polar surface area (TPSA) is 88.8 Å². The molecule has 3 aromatic rings. The number of carbonyl (C=O) groups excluding carboxylic acids is 3. The zero-order valence-corrected chi connectivity index (χ0v) is 15.3. The van der Waals surface area contributed by atoms with Crippen molar-refractivity contribution in [3.63, 3.8) is 0 Å². The lowest BCUT2D eigenvalue weighted by atomic mass is 10.1. The van der Waals surface area contributed by atoms with Crippen LogP contribution in [0.1, 0.15) is 36.8 Å². The highest BCUT2D eigenvalue weighted by Crippen LogP contribution is 2.26. The first-order chi connectivity index (χ1) is 14.4. The molecule has 0 aliphatic carbocycles. The van der Waals surface area contributed by atoms with E-state index in [0.29, 0.717) is 11.4 Å². The molecular formula is C21H14F2N2O5. The summed E-state index contributed by atoms with van der Waals surface area (Å²) in [6.45, 7) is -2.95. The van der Waals surface area contributed by atoms with E-state index < -0.39 is 24.3 Å². The standard InChI is InChI=1S/C21H14F2N2O5/c22-21(23)30-14-6-4-13(5-7-14)24-18(26)12-3-8-16-17(10-12)20(28)25(19(16)27)11-15-2-1-9-29-15/h1-10,21H,11H2,(H,24,26). The molecule has 1 aromatic heterocycles. The molecule has 0 spiro atoms. The maximum Gasteiger partial charge on any atom is 0.387 e. The largest absolute Gasteiger partial charge is 0.467 e. The van der Waals surface area contributed by atoms with Gasteiger partial charge in [-0.25, -0.2) is 0 Å². The Morgan fingerprint density at radius 3 is 2.43 bits per heavy atom. The average molecular weight is 412 g/mol. The molecule has 3 amide bonds. The van der Waals surface area contributed by atoms with E-state index in [1.807, 2.05) is 0 Å². The number of rotatable bonds is 6. The molecule has 2 heterocycles. The number of alkyl halides is 2. The van der Waals surface area contributed by atoms with Gasteiger partial charge in [0, 0.05) is 11.3 Å². The number of nitrogens with one attached hydrogen (secondary N) is 1. The molecular weight excluding hydrogens is 398 g/mol. The maximum atomic E-state index is 12.6. The van der Waals surface area contributed by atoms with Crippen LogP contribution < -0.4 is 10.1 Å². The van der Waals surface area contributed by atoms with Crippen molar-refractivity contribution in [1.82, 2.24) is 4.90 Å². The van der Waals surface area contributed by atoms with E-state index in [0.717, 1.165) is 4.90 Å². The van der Waals surface area contributed by atoms with Crippen LogP contribution in [-0.4, -0.2) is 29.2 Å². The quantitative estimate of drug-likeness (QED) is 0.620. The molecule has 0 saturated carbocycles. The van der Waals surface area contributed by atoms with Crippen molar-refractivity contribution in [2.24, 2.45) is 0 Å². The van der Waals surface area contributed by atoms with Crippen LogP contribution in [0.25, 0.3) is 0 Å². The summed E-state index contributed by atoms with van der Waals surface area (Å²) >= 11 is 0. The summed E-state index contributed by atoms with van der Waals surface area (Å²) in [4.78, 5) is 38.7. The van der Waals surface area contributed by atoms with Gasteiger partial charge in [-0.2, -0.15) is 8.78 Å². The second-order valence-electron chi connectivity index (χ2n) is 6.39. The number of anilines is 1. The number of benzene rings is 2. The van der Waals surface area contributed by atoms with E-state index in [1.165, 1.54) is 48.7 Å². The lowest BCUT2D eigenvalue weighted by Crippen LogP contribution is -2.28. The SMILES string of the molecule is O=C(Nc1ccc(OC(F)F)cc1)c1ccc2c(c1)C(=O)N(Cc1ccco1)C2=O. The molecule has 4 rings (SSSR count). The summed E-state index contributed by atoms with van der Waals surface area (Å²) in [5.74, 6) is -1.09. The van der Waals surface area contributed by atoms with Gasteiger partial charge < -0.3 is 14.5 Å².